The lowest BCUT2D eigenvalue weighted by atomic mass is 9.72. The van der Waals surface area contributed by atoms with E-state index >= 15 is 0 Å². The highest BCUT2D eigenvalue weighted by molar-refractivity contribution is 5.57. The van der Waals surface area contributed by atoms with E-state index in [1.165, 1.54) is 34.4 Å². The summed E-state index contributed by atoms with van der Waals surface area (Å²) in [6.07, 6.45) is 4.56. The summed E-state index contributed by atoms with van der Waals surface area (Å²) in [6, 6.07) is 12.9. The minimum absolute atomic E-state index is 0.302. The molecule has 0 radical (unpaired) electrons. The molecule has 0 fully saturated rings. The third-order valence-corrected chi connectivity index (χ3v) is 6.02. The summed E-state index contributed by atoms with van der Waals surface area (Å²) in [5, 5.41) is 13.3. The van der Waals surface area contributed by atoms with Crippen LogP contribution in [-0.2, 0) is 19.3 Å². The van der Waals surface area contributed by atoms with Crippen molar-refractivity contribution in [2.75, 3.05) is 11.9 Å². The molecule has 2 aromatic rings. The molecule has 2 aromatic carbocycles. The van der Waals surface area contributed by atoms with Gasteiger partial charge in [-0.3, -0.25) is 0 Å². The van der Waals surface area contributed by atoms with Crippen molar-refractivity contribution in [1.29, 1.82) is 0 Å². The fraction of sp³-hybridized carbons (Fsp3) is 0.478. The summed E-state index contributed by atoms with van der Waals surface area (Å²) in [5.74, 6) is 1.67. The lowest BCUT2D eigenvalue weighted by Gasteiger charge is -2.36. The average molecular weight is 335 g/mol. The van der Waals surface area contributed by atoms with Crippen molar-refractivity contribution >= 4 is 5.69 Å². The van der Waals surface area contributed by atoms with Gasteiger partial charge in [-0.05, 0) is 83.4 Å². The molecule has 4 rings (SSSR count). The smallest absolute Gasteiger partial charge is 0.115 e. The van der Waals surface area contributed by atoms with Crippen LogP contribution < -0.4 is 5.32 Å². The fourth-order valence-corrected chi connectivity index (χ4v) is 4.77. The molecule has 1 aliphatic carbocycles. The maximum Gasteiger partial charge on any atom is 0.115 e. The van der Waals surface area contributed by atoms with E-state index in [0.29, 0.717) is 23.0 Å². The van der Waals surface area contributed by atoms with Crippen LogP contribution in [0.1, 0.15) is 55.4 Å². The summed E-state index contributed by atoms with van der Waals surface area (Å²) >= 11 is 0. The number of rotatable bonds is 2. The summed E-state index contributed by atoms with van der Waals surface area (Å²) in [7, 11) is 0. The number of hydrogen-bond donors (Lipinski definition) is 2. The Labute approximate surface area is 151 Å². The maximum absolute atomic E-state index is 9.70. The molecule has 0 amide bonds. The Hall–Kier alpha value is -1.96. The number of phenolic OH excluding ortho intramolecular Hbond substituents is 1. The number of anilines is 1. The zero-order valence-electron chi connectivity index (χ0n) is 15.6. The lowest BCUT2D eigenvalue weighted by molar-refractivity contribution is 0.305. The standard InChI is InChI=1S/C23H29NO/c1-23(2,3)21-8-9-24-22-7-4-15(13-20(21)22)10-16-11-17-5-6-19(25)14-18(17)12-16/h4-7,13-14,16,21,24-25H,8-12H2,1-3H3. The van der Waals surface area contributed by atoms with Gasteiger partial charge in [-0.25, -0.2) is 0 Å². The second kappa shape index (κ2) is 6.09. The predicted octanol–water partition coefficient (Wildman–Crippen LogP) is 5.30. The fourth-order valence-electron chi connectivity index (χ4n) is 4.77. The first-order valence-corrected chi connectivity index (χ1v) is 9.57. The van der Waals surface area contributed by atoms with E-state index in [0.717, 1.165) is 25.8 Å². The van der Waals surface area contributed by atoms with Gasteiger partial charge in [-0.1, -0.05) is 39.0 Å². The Morgan fingerprint density at radius 1 is 1.04 bits per heavy atom. The topological polar surface area (TPSA) is 32.3 Å². The van der Waals surface area contributed by atoms with Gasteiger partial charge in [0, 0.05) is 12.2 Å². The molecule has 0 spiro atoms. The third-order valence-electron chi connectivity index (χ3n) is 6.02. The molecule has 25 heavy (non-hydrogen) atoms. The number of nitrogens with one attached hydrogen (secondary N) is 1. The second-order valence-corrected chi connectivity index (χ2v) is 8.99. The number of aromatic hydroxyl groups is 1. The second-order valence-electron chi connectivity index (χ2n) is 8.99. The van der Waals surface area contributed by atoms with Crippen LogP contribution in [0, 0.1) is 11.3 Å². The first-order valence-electron chi connectivity index (χ1n) is 9.57. The molecule has 2 nitrogen and oxygen atoms in total. The quantitative estimate of drug-likeness (QED) is 0.781. The molecule has 0 saturated carbocycles. The summed E-state index contributed by atoms with van der Waals surface area (Å²) < 4.78 is 0. The van der Waals surface area contributed by atoms with Crippen molar-refractivity contribution in [3.63, 3.8) is 0 Å². The maximum atomic E-state index is 9.70. The molecule has 0 aromatic heterocycles. The zero-order valence-corrected chi connectivity index (χ0v) is 15.6. The van der Waals surface area contributed by atoms with Crippen LogP contribution in [-0.4, -0.2) is 11.7 Å². The van der Waals surface area contributed by atoms with Crippen LogP contribution in [0.4, 0.5) is 5.69 Å². The van der Waals surface area contributed by atoms with Crippen LogP contribution in [0.25, 0.3) is 0 Å². The molecule has 132 valence electrons. The van der Waals surface area contributed by atoms with Gasteiger partial charge in [0.1, 0.15) is 5.75 Å². The highest BCUT2D eigenvalue weighted by Crippen LogP contribution is 2.44. The molecule has 2 heteroatoms. The van der Waals surface area contributed by atoms with Crippen molar-refractivity contribution in [3.8, 4) is 5.75 Å². The van der Waals surface area contributed by atoms with Crippen LogP contribution >= 0.6 is 0 Å². The van der Waals surface area contributed by atoms with Gasteiger partial charge in [0.25, 0.3) is 0 Å². The minimum Gasteiger partial charge on any atom is -0.508 e. The number of benzene rings is 2. The number of hydrogen-bond acceptors (Lipinski definition) is 2. The van der Waals surface area contributed by atoms with Gasteiger partial charge in [0.2, 0.25) is 0 Å². The highest BCUT2D eigenvalue weighted by atomic mass is 16.3. The van der Waals surface area contributed by atoms with E-state index < -0.39 is 0 Å². The molecule has 2 unspecified atom stereocenters. The van der Waals surface area contributed by atoms with Gasteiger partial charge in [-0.15, -0.1) is 0 Å². The Kier molecular flexibility index (Phi) is 4.02. The summed E-state index contributed by atoms with van der Waals surface area (Å²) in [4.78, 5) is 0. The van der Waals surface area contributed by atoms with E-state index in [1.807, 2.05) is 12.1 Å². The number of fused-ring (bicyclic) bond motifs is 2. The first kappa shape index (κ1) is 16.5. The summed E-state index contributed by atoms with van der Waals surface area (Å²) in [5.41, 5.74) is 7.33. The molecule has 0 bridgehead atoms. The molecule has 1 aliphatic heterocycles. The Bertz CT molecular complexity index is 787. The molecule has 2 atom stereocenters. The molecule has 0 saturated heterocycles. The normalized spacial score (nSPS) is 22.2. The van der Waals surface area contributed by atoms with Gasteiger partial charge in [0.15, 0.2) is 0 Å². The van der Waals surface area contributed by atoms with Gasteiger partial charge in [0.05, 0.1) is 0 Å². The Morgan fingerprint density at radius 3 is 2.64 bits per heavy atom. The lowest BCUT2D eigenvalue weighted by Crippen LogP contribution is -2.26. The number of phenols is 1. The van der Waals surface area contributed by atoms with E-state index in [9.17, 15) is 5.11 Å². The van der Waals surface area contributed by atoms with Crippen LogP contribution in [0.2, 0.25) is 0 Å². The van der Waals surface area contributed by atoms with Crippen molar-refractivity contribution in [3.05, 3.63) is 58.7 Å². The molecule has 2 aliphatic rings. The average Bonchev–Trinajstić information content (AvgIpc) is 2.94. The summed E-state index contributed by atoms with van der Waals surface area (Å²) in [6.45, 7) is 8.16. The minimum atomic E-state index is 0.302. The zero-order chi connectivity index (χ0) is 17.6. The molecular formula is C23H29NO. The SMILES string of the molecule is CC(C)(C)C1CCNc2ccc(CC3Cc4ccc(O)cc4C3)cc21. The Morgan fingerprint density at radius 2 is 1.84 bits per heavy atom. The molecule has 1 heterocycles. The molecular weight excluding hydrogens is 306 g/mol. The highest BCUT2D eigenvalue weighted by Gasteiger charge is 2.31. The van der Waals surface area contributed by atoms with Crippen LogP contribution in [0.3, 0.4) is 0 Å². The van der Waals surface area contributed by atoms with E-state index in [1.54, 1.807) is 0 Å². The third kappa shape index (κ3) is 3.27. The van der Waals surface area contributed by atoms with Gasteiger partial charge < -0.3 is 10.4 Å². The van der Waals surface area contributed by atoms with Crippen LogP contribution in [0.15, 0.2) is 36.4 Å². The largest absolute Gasteiger partial charge is 0.508 e. The Balaban J connectivity index is 1.55. The monoisotopic (exact) mass is 335 g/mol. The van der Waals surface area contributed by atoms with E-state index in [-0.39, 0.29) is 0 Å². The molecule has 2 N–H and O–H groups in total. The van der Waals surface area contributed by atoms with Crippen molar-refractivity contribution in [2.45, 2.75) is 52.4 Å². The predicted molar refractivity (Wildman–Crippen MR) is 104 cm³/mol. The van der Waals surface area contributed by atoms with Crippen LogP contribution in [0.5, 0.6) is 5.75 Å². The van der Waals surface area contributed by atoms with Gasteiger partial charge >= 0.3 is 0 Å². The van der Waals surface area contributed by atoms with Crippen molar-refractivity contribution in [1.82, 2.24) is 0 Å². The van der Waals surface area contributed by atoms with E-state index in [2.05, 4.69) is 50.4 Å². The van der Waals surface area contributed by atoms with E-state index in [4.69, 9.17) is 0 Å². The van der Waals surface area contributed by atoms with Gasteiger partial charge in [-0.2, -0.15) is 0 Å². The first-order chi connectivity index (χ1) is 11.9. The van der Waals surface area contributed by atoms with Crippen molar-refractivity contribution < 1.29 is 5.11 Å². The van der Waals surface area contributed by atoms with Crippen molar-refractivity contribution in [2.24, 2.45) is 11.3 Å².